The van der Waals surface area contributed by atoms with Crippen LogP contribution in [0.1, 0.15) is 79.1 Å². The van der Waals surface area contributed by atoms with Crippen molar-refractivity contribution in [3.63, 3.8) is 0 Å². The first-order valence-electron chi connectivity index (χ1n) is 12.0. The SMILES string of the molecule is C=C1/C(=C\C=C2/CCC[C@]3(C)C([C@H](C)OC(=O)CCC(C)(C)O)=CC[C@@H]23)C[C@@H](O)C[C@@H]1O. The van der Waals surface area contributed by atoms with E-state index in [0.717, 1.165) is 31.3 Å². The van der Waals surface area contributed by atoms with Crippen LogP contribution in [-0.4, -0.2) is 45.2 Å². The molecule has 0 aromatic heterocycles. The van der Waals surface area contributed by atoms with Gasteiger partial charge in [-0.2, -0.15) is 0 Å². The first-order valence-corrected chi connectivity index (χ1v) is 12.0. The number of ether oxygens (including phenoxy) is 1. The number of allylic oxidation sites excluding steroid dienone is 4. The quantitative estimate of drug-likeness (QED) is 0.414. The number of hydrogen-bond acceptors (Lipinski definition) is 5. The summed E-state index contributed by atoms with van der Waals surface area (Å²) in [5, 5.41) is 30.0. The molecule has 3 aliphatic rings. The largest absolute Gasteiger partial charge is 0.458 e. The van der Waals surface area contributed by atoms with Crippen LogP contribution in [0.25, 0.3) is 0 Å². The number of hydrogen-bond donors (Lipinski definition) is 3. The highest BCUT2D eigenvalue weighted by Crippen LogP contribution is 2.55. The fourth-order valence-electron chi connectivity index (χ4n) is 5.67. The summed E-state index contributed by atoms with van der Waals surface area (Å²) in [6.45, 7) is 11.6. The molecule has 0 aromatic rings. The van der Waals surface area contributed by atoms with Crippen molar-refractivity contribution >= 4 is 5.97 Å². The van der Waals surface area contributed by atoms with Crippen LogP contribution in [-0.2, 0) is 9.53 Å². The van der Waals surface area contributed by atoms with E-state index in [1.807, 2.05) is 13.0 Å². The van der Waals surface area contributed by atoms with Crippen molar-refractivity contribution in [3.8, 4) is 0 Å². The smallest absolute Gasteiger partial charge is 0.306 e. The maximum absolute atomic E-state index is 12.3. The van der Waals surface area contributed by atoms with Crippen molar-refractivity contribution in [1.29, 1.82) is 0 Å². The minimum Gasteiger partial charge on any atom is -0.458 e. The zero-order chi connectivity index (χ0) is 23.7. The summed E-state index contributed by atoms with van der Waals surface area (Å²) in [5.41, 5.74) is 3.30. The van der Waals surface area contributed by atoms with E-state index in [0.29, 0.717) is 30.8 Å². The predicted octanol–water partition coefficient (Wildman–Crippen LogP) is 4.53. The van der Waals surface area contributed by atoms with Gasteiger partial charge in [-0.3, -0.25) is 4.79 Å². The summed E-state index contributed by atoms with van der Waals surface area (Å²) in [4.78, 5) is 12.3. The third kappa shape index (κ3) is 5.62. The Labute approximate surface area is 192 Å². The second-order valence-corrected chi connectivity index (χ2v) is 10.7. The van der Waals surface area contributed by atoms with E-state index < -0.39 is 17.8 Å². The van der Waals surface area contributed by atoms with E-state index in [9.17, 15) is 20.1 Å². The molecule has 178 valence electrons. The summed E-state index contributed by atoms with van der Waals surface area (Å²) in [7, 11) is 0. The lowest BCUT2D eigenvalue weighted by Crippen LogP contribution is -2.35. The molecule has 32 heavy (non-hydrogen) atoms. The fourth-order valence-corrected chi connectivity index (χ4v) is 5.67. The van der Waals surface area contributed by atoms with Crippen LogP contribution < -0.4 is 0 Å². The molecule has 5 heteroatoms. The van der Waals surface area contributed by atoms with Gasteiger partial charge in [0.25, 0.3) is 0 Å². The van der Waals surface area contributed by atoms with Crippen LogP contribution in [0.2, 0.25) is 0 Å². The zero-order valence-corrected chi connectivity index (χ0v) is 20.1. The van der Waals surface area contributed by atoms with E-state index in [1.165, 1.54) is 11.1 Å². The number of fused-ring (bicyclic) bond motifs is 1. The molecule has 0 bridgehead atoms. The highest BCUT2D eigenvalue weighted by molar-refractivity contribution is 5.70. The highest BCUT2D eigenvalue weighted by atomic mass is 16.5. The number of aliphatic hydroxyl groups excluding tert-OH is 2. The third-order valence-corrected chi connectivity index (χ3v) is 7.56. The van der Waals surface area contributed by atoms with Gasteiger partial charge in [-0.25, -0.2) is 0 Å². The Balaban J connectivity index is 1.70. The summed E-state index contributed by atoms with van der Waals surface area (Å²) >= 11 is 0. The maximum Gasteiger partial charge on any atom is 0.306 e. The fraction of sp³-hybridized carbons (Fsp3) is 0.667. The molecule has 0 saturated heterocycles. The Morgan fingerprint density at radius 3 is 2.78 bits per heavy atom. The molecule has 2 saturated carbocycles. The van der Waals surface area contributed by atoms with Crippen molar-refractivity contribution in [3.05, 3.63) is 47.1 Å². The summed E-state index contributed by atoms with van der Waals surface area (Å²) in [6, 6.07) is 0. The number of esters is 1. The molecule has 5 nitrogen and oxygen atoms in total. The van der Waals surface area contributed by atoms with E-state index in [-0.39, 0.29) is 23.9 Å². The zero-order valence-electron chi connectivity index (χ0n) is 20.1. The Morgan fingerprint density at radius 1 is 1.38 bits per heavy atom. The summed E-state index contributed by atoms with van der Waals surface area (Å²) < 4.78 is 5.76. The van der Waals surface area contributed by atoms with Crippen LogP contribution in [0.5, 0.6) is 0 Å². The van der Waals surface area contributed by atoms with Crippen molar-refractivity contribution in [2.75, 3.05) is 0 Å². The Morgan fingerprint density at radius 2 is 2.09 bits per heavy atom. The van der Waals surface area contributed by atoms with E-state index >= 15 is 0 Å². The van der Waals surface area contributed by atoms with Gasteiger partial charge in [-0.05, 0) is 87.3 Å². The minimum atomic E-state index is -0.876. The minimum absolute atomic E-state index is 0.0405. The van der Waals surface area contributed by atoms with Crippen LogP contribution in [0.15, 0.2) is 47.1 Å². The van der Waals surface area contributed by atoms with Gasteiger partial charge in [-0.1, -0.05) is 37.3 Å². The molecule has 2 fully saturated rings. The molecule has 0 spiro atoms. The summed E-state index contributed by atoms with van der Waals surface area (Å²) in [5.74, 6) is 0.101. The Bertz CT molecular complexity index is 827. The molecule has 0 heterocycles. The van der Waals surface area contributed by atoms with E-state index in [1.54, 1.807) is 13.8 Å². The molecule has 3 aliphatic carbocycles. The van der Waals surface area contributed by atoms with Gasteiger partial charge >= 0.3 is 5.97 Å². The van der Waals surface area contributed by atoms with E-state index in [2.05, 4.69) is 25.7 Å². The van der Waals surface area contributed by atoms with Gasteiger partial charge in [-0.15, -0.1) is 0 Å². The van der Waals surface area contributed by atoms with Gasteiger partial charge < -0.3 is 20.1 Å². The standard InChI is InChI=1S/C27H40O5/c1-17-20(15-21(28)16-24(17)29)9-8-19-7-6-13-27(5)22(10-11-23(19)27)18(2)32-25(30)12-14-26(3,4)31/h8-10,18,21,23-24,28-29,31H,1,6-7,11-16H2,2-5H3/b19-8+,20-9-/t18-,21+,23-,24-,27+/m0/s1. The number of carbonyl (C=O) groups is 1. The first kappa shape index (κ1) is 24.9. The molecule has 5 atom stereocenters. The van der Waals surface area contributed by atoms with Gasteiger partial charge in [0.05, 0.1) is 17.8 Å². The lowest BCUT2D eigenvalue weighted by atomic mass is 9.63. The van der Waals surface area contributed by atoms with Gasteiger partial charge in [0.1, 0.15) is 6.10 Å². The average molecular weight is 445 g/mol. The molecular weight excluding hydrogens is 404 g/mol. The van der Waals surface area contributed by atoms with Gasteiger partial charge in [0, 0.05) is 12.8 Å². The molecule has 0 aliphatic heterocycles. The monoisotopic (exact) mass is 444 g/mol. The molecule has 3 N–H and O–H groups in total. The lowest BCUT2D eigenvalue weighted by Gasteiger charge is -2.42. The molecule has 0 aromatic carbocycles. The van der Waals surface area contributed by atoms with Crippen LogP contribution >= 0.6 is 0 Å². The molecule has 0 amide bonds. The lowest BCUT2D eigenvalue weighted by molar-refractivity contribution is -0.148. The van der Waals surface area contributed by atoms with Crippen molar-refractivity contribution in [1.82, 2.24) is 0 Å². The average Bonchev–Trinajstić information content (AvgIpc) is 3.05. The Hall–Kier alpha value is -1.69. The van der Waals surface area contributed by atoms with Crippen molar-refractivity contribution in [2.45, 2.75) is 103 Å². The van der Waals surface area contributed by atoms with Gasteiger partial charge in [0.2, 0.25) is 0 Å². The van der Waals surface area contributed by atoms with Crippen LogP contribution in [0, 0.1) is 11.3 Å². The van der Waals surface area contributed by atoms with Crippen LogP contribution in [0.4, 0.5) is 0 Å². The molecule has 3 rings (SSSR count). The second kappa shape index (κ2) is 9.66. The third-order valence-electron chi connectivity index (χ3n) is 7.56. The maximum atomic E-state index is 12.3. The van der Waals surface area contributed by atoms with Crippen LogP contribution in [0.3, 0.4) is 0 Å². The molecule has 0 radical (unpaired) electrons. The molecular formula is C27H40O5. The molecule has 0 unspecified atom stereocenters. The van der Waals surface area contributed by atoms with Crippen molar-refractivity contribution in [2.24, 2.45) is 11.3 Å². The number of aliphatic hydroxyl groups is 3. The Kier molecular flexibility index (Phi) is 7.53. The van der Waals surface area contributed by atoms with Crippen molar-refractivity contribution < 1.29 is 24.9 Å². The number of rotatable bonds is 6. The second-order valence-electron chi connectivity index (χ2n) is 10.7. The topological polar surface area (TPSA) is 87.0 Å². The normalized spacial score (nSPS) is 34.4. The van der Waals surface area contributed by atoms with E-state index in [4.69, 9.17) is 4.74 Å². The summed E-state index contributed by atoms with van der Waals surface area (Å²) in [6.07, 6.45) is 10.6. The highest BCUT2D eigenvalue weighted by Gasteiger charge is 2.47. The predicted molar refractivity (Wildman–Crippen MR) is 126 cm³/mol. The first-order chi connectivity index (χ1) is 14.9. The number of carbonyl (C=O) groups excluding carboxylic acids is 1. The van der Waals surface area contributed by atoms with Gasteiger partial charge in [0.15, 0.2) is 0 Å².